The van der Waals surface area contributed by atoms with Crippen LogP contribution in [0.4, 0.5) is 0 Å². The quantitative estimate of drug-likeness (QED) is 0.669. The van der Waals surface area contributed by atoms with Crippen LogP contribution in [-0.2, 0) is 14.6 Å². The van der Waals surface area contributed by atoms with Gasteiger partial charge in [0.05, 0.1) is 5.75 Å². The van der Waals surface area contributed by atoms with E-state index >= 15 is 0 Å². The first-order valence-electron chi connectivity index (χ1n) is 6.04. The molecule has 6 heteroatoms. The molecule has 1 fully saturated rings. The minimum atomic E-state index is -2.93. The molecule has 0 aromatic rings. The number of carbonyl (C=O) groups excluding carboxylic acids is 1. The highest BCUT2D eigenvalue weighted by atomic mass is 32.2. The maximum atomic E-state index is 11.6. The van der Waals surface area contributed by atoms with E-state index in [0.717, 1.165) is 25.7 Å². The third-order valence-electron chi connectivity index (χ3n) is 3.13. The van der Waals surface area contributed by atoms with Crippen molar-refractivity contribution >= 4 is 15.7 Å². The summed E-state index contributed by atoms with van der Waals surface area (Å²) in [6, 6.07) is 0. The second kappa shape index (κ2) is 5.82. The molecule has 0 radical (unpaired) electrons. The molecule has 0 aromatic heterocycles. The Morgan fingerprint density at radius 1 is 1.35 bits per heavy atom. The molecule has 0 unspecified atom stereocenters. The molecule has 1 aliphatic rings. The zero-order valence-corrected chi connectivity index (χ0v) is 11.2. The van der Waals surface area contributed by atoms with Crippen molar-refractivity contribution in [2.24, 2.45) is 5.73 Å². The van der Waals surface area contributed by atoms with Gasteiger partial charge >= 0.3 is 0 Å². The third-order valence-corrected chi connectivity index (χ3v) is 4.16. The van der Waals surface area contributed by atoms with E-state index in [1.807, 2.05) is 0 Å². The van der Waals surface area contributed by atoms with E-state index < -0.39 is 9.84 Å². The Hall–Kier alpha value is -0.620. The fraction of sp³-hybridized carbons (Fsp3) is 0.909. The Labute approximate surface area is 103 Å². The van der Waals surface area contributed by atoms with Gasteiger partial charge in [0.1, 0.15) is 9.84 Å². The second-order valence-corrected chi connectivity index (χ2v) is 7.34. The van der Waals surface area contributed by atoms with Gasteiger partial charge in [0, 0.05) is 24.8 Å². The molecule has 17 heavy (non-hydrogen) atoms. The van der Waals surface area contributed by atoms with Gasteiger partial charge in [-0.05, 0) is 19.3 Å². The average Bonchev–Trinajstić information content (AvgIpc) is 2.58. The zero-order valence-electron chi connectivity index (χ0n) is 10.4. The van der Waals surface area contributed by atoms with E-state index in [0.29, 0.717) is 19.4 Å². The Kier molecular flexibility index (Phi) is 4.94. The predicted octanol–water partition coefficient (Wildman–Crippen LogP) is 0.199. The second-order valence-electron chi connectivity index (χ2n) is 5.08. The lowest BCUT2D eigenvalue weighted by Crippen LogP contribution is -2.42. The first-order chi connectivity index (χ1) is 7.81. The largest absolute Gasteiger partial charge is 0.356 e. The maximum absolute atomic E-state index is 11.6. The summed E-state index contributed by atoms with van der Waals surface area (Å²) in [5, 5.41) is 2.72. The topological polar surface area (TPSA) is 89.3 Å². The minimum absolute atomic E-state index is 0.0668. The lowest BCUT2D eigenvalue weighted by Gasteiger charge is -2.22. The van der Waals surface area contributed by atoms with Crippen molar-refractivity contribution in [3.05, 3.63) is 0 Å². The molecule has 0 saturated heterocycles. The van der Waals surface area contributed by atoms with Crippen LogP contribution in [0, 0.1) is 0 Å². The molecule has 1 rings (SSSR count). The van der Waals surface area contributed by atoms with Gasteiger partial charge in [0.15, 0.2) is 0 Å². The van der Waals surface area contributed by atoms with Crippen LogP contribution in [0.2, 0.25) is 0 Å². The monoisotopic (exact) mass is 262 g/mol. The maximum Gasteiger partial charge on any atom is 0.221 e. The highest BCUT2D eigenvalue weighted by Gasteiger charge is 2.31. The van der Waals surface area contributed by atoms with Crippen molar-refractivity contribution in [2.75, 3.05) is 18.6 Å². The zero-order chi connectivity index (χ0) is 12.9. The van der Waals surface area contributed by atoms with E-state index in [1.165, 1.54) is 6.26 Å². The number of amides is 1. The predicted molar refractivity (Wildman–Crippen MR) is 67.3 cm³/mol. The number of sulfone groups is 1. The van der Waals surface area contributed by atoms with Gasteiger partial charge in [-0.3, -0.25) is 4.79 Å². The molecule has 1 saturated carbocycles. The molecule has 3 N–H and O–H groups in total. The van der Waals surface area contributed by atoms with Crippen LogP contribution in [0.3, 0.4) is 0 Å². The number of nitrogens with two attached hydrogens (primary N) is 1. The number of carbonyl (C=O) groups is 1. The average molecular weight is 262 g/mol. The number of hydrogen-bond donors (Lipinski definition) is 2. The van der Waals surface area contributed by atoms with Gasteiger partial charge in [-0.1, -0.05) is 12.8 Å². The lowest BCUT2D eigenvalue weighted by molar-refractivity contribution is -0.122. The van der Waals surface area contributed by atoms with Gasteiger partial charge < -0.3 is 11.1 Å². The molecular formula is C11H22N2O3S. The molecule has 5 nitrogen and oxygen atoms in total. The van der Waals surface area contributed by atoms with E-state index in [1.54, 1.807) is 0 Å². The van der Waals surface area contributed by atoms with E-state index in [9.17, 15) is 13.2 Å². The molecule has 0 spiro atoms. The molecule has 0 aromatic carbocycles. The van der Waals surface area contributed by atoms with Crippen molar-refractivity contribution in [3.63, 3.8) is 0 Å². The van der Waals surface area contributed by atoms with Crippen LogP contribution >= 0.6 is 0 Å². The summed E-state index contributed by atoms with van der Waals surface area (Å²) in [6.07, 6.45) is 6.01. The molecular weight excluding hydrogens is 240 g/mol. The molecule has 0 heterocycles. The van der Waals surface area contributed by atoms with E-state index in [2.05, 4.69) is 5.32 Å². The summed E-state index contributed by atoms with van der Waals surface area (Å²) in [6.45, 7) is 0.405. The summed E-state index contributed by atoms with van der Waals surface area (Å²) < 4.78 is 21.7. The fourth-order valence-electron chi connectivity index (χ4n) is 2.20. The number of rotatable bonds is 6. The van der Waals surface area contributed by atoms with Crippen LogP contribution in [-0.4, -0.2) is 38.4 Å². The van der Waals surface area contributed by atoms with Crippen LogP contribution in [0.1, 0.15) is 38.5 Å². The van der Waals surface area contributed by atoms with Crippen LogP contribution in [0.15, 0.2) is 0 Å². The molecule has 1 aliphatic carbocycles. The number of nitrogens with one attached hydrogen (secondary N) is 1. The highest BCUT2D eigenvalue weighted by molar-refractivity contribution is 7.90. The third kappa shape index (κ3) is 6.02. The Morgan fingerprint density at radius 3 is 2.47 bits per heavy atom. The number of hydrogen-bond acceptors (Lipinski definition) is 4. The van der Waals surface area contributed by atoms with Crippen molar-refractivity contribution in [1.29, 1.82) is 0 Å². The van der Waals surface area contributed by atoms with Crippen molar-refractivity contribution in [3.8, 4) is 0 Å². The van der Waals surface area contributed by atoms with Crippen molar-refractivity contribution in [1.82, 2.24) is 5.32 Å². The first-order valence-corrected chi connectivity index (χ1v) is 8.10. The molecule has 0 atom stereocenters. The Balaban J connectivity index is 2.17. The smallest absolute Gasteiger partial charge is 0.221 e. The van der Waals surface area contributed by atoms with Gasteiger partial charge in [-0.2, -0.15) is 0 Å². The normalized spacial score (nSPS) is 19.2. The fourth-order valence-corrected chi connectivity index (χ4v) is 2.87. The SMILES string of the molecule is CS(=O)(=O)CCCNC(=O)CC1(N)CCCC1. The minimum Gasteiger partial charge on any atom is -0.356 e. The summed E-state index contributed by atoms with van der Waals surface area (Å²) >= 11 is 0. The van der Waals surface area contributed by atoms with Gasteiger partial charge in [-0.25, -0.2) is 8.42 Å². The van der Waals surface area contributed by atoms with Crippen molar-refractivity contribution in [2.45, 2.75) is 44.1 Å². The Bertz CT molecular complexity index is 359. The van der Waals surface area contributed by atoms with Crippen molar-refractivity contribution < 1.29 is 13.2 Å². The molecule has 0 bridgehead atoms. The Morgan fingerprint density at radius 2 is 1.94 bits per heavy atom. The van der Waals surface area contributed by atoms with Gasteiger partial charge in [0.2, 0.25) is 5.91 Å². The summed E-state index contributed by atoms with van der Waals surface area (Å²) in [5.74, 6) is 0.0454. The van der Waals surface area contributed by atoms with Gasteiger partial charge in [-0.15, -0.1) is 0 Å². The van der Waals surface area contributed by atoms with Crippen LogP contribution < -0.4 is 11.1 Å². The molecule has 100 valence electrons. The standard InChI is InChI=1S/C11H22N2O3S/c1-17(15,16)8-4-7-13-10(14)9-11(12)5-2-3-6-11/h2-9,12H2,1H3,(H,13,14). The molecule has 1 amide bonds. The lowest BCUT2D eigenvalue weighted by atomic mass is 9.94. The summed E-state index contributed by atoms with van der Waals surface area (Å²) in [5.41, 5.74) is 5.74. The van der Waals surface area contributed by atoms with Gasteiger partial charge in [0.25, 0.3) is 0 Å². The first kappa shape index (κ1) is 14.4. The van der Waals surface area contributed by atoms with E-state index in [-0.39, 0.29) is 17.2 Å². The molecule has 0 aliphatic heterocycles. The summed E-state index contributed by atoms with van der Waals surface area (Å²) in [7, 11) is -2.93. The highest BCUT2D eigenvalue weighted by Crippen LogP contribution is 2.29. The van der Waals surface area contributed by atoms with Crippen LogP contribution in [0.5, 0.6) is 0 Å². The summed E-state index contributed by atoms with van der Waals surface area (Å²) in [4.78, 5) is 11.6. The van der Waals surface area contributed by atoms with E-state index in [4.69, 9.17) is 5.73 Å². The van der Waals surface area contributed by atoms with Crippen LogP contribution in [0.25, 0.3) is 0 Å².